The summed E-state index contributed by atoms with van der Waals surface area (Å²) in [6.07, 6.45) is 0.645. The molecule has 0 radical (unpaired) electrons. The predicted octanol–water partition coefficient (Wildman–Crippen LogP) is 3.54. The highest BCUT2D eigenvalue weighted by molar-refractivity contribution is 8.15. The molecule has 0 spiro atoms. The first kappa shape index (κ1) is 23.6. The Morgan fingerprint density at radius 3 is 2.56 bits per heavy atom. The second-order valence-electron chi connectivity index (χ2n) is 7.06. The highest BCUT2D eigenvalue weighted by Crippen LogP contribution is 2.31. The molecule has 1 fully saturated rings. The molecule has 0 bridgehead atoms. The Kier molecular flexibility index (Phi) is 8.10. The summed E-state index contributed by atoms with van der Waals surface area (Å²) >= 11 is 1.24. The van der Waals surface area contributed by atoms with E-state index in [0.29, 0.717) is 41.9 Å². The number of amidine groups is 1. The smallest absolute Gasteiger partial charge is 0.234 e. The van der Waals surface area contributed by atoms with Crippen LogP contribution in [0, 0.1) is 5.82 Å². The highest BCUT2D eigenvalue weighted by Gasteiger charge is 2.35. The number of methoxy groups -OCH3 is 2. The number of aliphatic imine (C=N–C) groups is 1. The molecule has 170 valence electrons. The maximum atomic E-state index is 13.3. The molecule has 0 aromatic heterocycles. The second kappa shape index (κ2) is 11.0. The zero-order valence-electron chi connectivity index (χ0n) is 18.3. The SMILES string of the molecule is CCNC(=O)C1CC(=O)N(CCc2ccc(OC)c(OC)c2)C(=Nc2ccc(F)cc2)S1. The second-order valence-corrected chi connectivity index (χ2v) is 8.23. The molecule has 3 rings (SSSR count). The third-order valence-electron chi connectivity index (χ3n) is 4.91. The van der Waals surface area contributed by atoms with Crippen LogP contribution in [-0.4, -0.2) is 54.4 Å². The molecule has 1 aliphatic heterocycles. The molecule has 2 amide bonds. The van der Waals surface area contributed by atoms with E-state index >= 15 is 0 Å². The fourth-order valence-electron chi connectivity index (χ4n) is 3.25. The summed E-state index contributed by atoms with van der Waals surface area (Å²) < 4.78 is 23.9. The first-order valence-corrected chi connectivity index (χ1v) is 11.1. The molecule has 0 saturated carbocycles. The van der Waals surface area contributed by atoms with E-state index in [0.717, 1.165) is 5.56 Å². The average Bonchev–Trinajstić information content (AvgIpc) is 2.79. The molecule has 1 atom stereocenters. The zero-order chi connectivity index (χ0) is 23.1. The van der Waals surface area contributed by atoms with Gasteiger partial charge in [0, 0.05) is 19.5 Å². The third kappa shape index (κ3) is 5.79. The van der Waals surface area contributed by atoms with Gasteiger partial charge in [0.1, 0.15) is 5.82 Å². The Morgan fingerprint density at radius 2 is 1.91 bits per heavy atom. The fraction of sp³-hybridized carbons (Fsp3) is 0.348. The van der Waals surface area contributed by atoms with Crippen LogP contribution in [0.5, 0.6) is 11.5 Å². The molecule has 32 heavy (non-hydrogen) atoms. The third-order valence-corrected chi connectivity index (χ3v) is 6.09. The van der Waals surface area contributed by atoms with Gasteiger partial charge in [0.05, 0.1) is 25.2 Å². The van der Waals surface area contributed by atoms with Gasteiger partial charge in [-0.05, 0) is 55.3 Å². The van der Waals surface area contributed by atoms with Crippen molar-refractivity contribution in [2.45, 2.75) is 25.0 Å². The van der Waals surface area contributed by atoms with Crippen LogP contribution in [0.25, 0.3) is 0 Å². The van der Waals surface area contributed by atoms with Gasteiger partial charge in [-0.25, -0.2) is 9.38 Å². The maximum Gasteiger partial charge on any atom is 0.234 e. The Labute approximate surface area is 191 Å². The van der Waals surface area contributed by atoms with Crippen molar-refractivity contribution < 1.29 is 23.5 Å². The molecule has 9 heteroatoms. The Bertz CT molecular complexity index is 997. The van der Waals surface area contributed by atoms with E-state index in [1.807, 2.05) is 25.1 Å². The topological polar surface area (TPSA) is 80.2 Å². The van der Waals surface area contributed by atoms with Crippen molar-refractivity contribution in [3.8, 4) is 11.5 Å². The molecular formula is C23H26FN3O4S. The van der Waals surface area contributed by atoms with Crippen molar-refractivity contribution in [1.82, 2.24) is 10.2 Å². The van der Waals surface area contributed by atoms with Crippen LogP contribution >= 0.6 is 11.8 Å². The van der Waals surface area contributed by atoms with Crippen LogP contribution in [0.15, 0.2) is 47.5 Å². The Morgan fingerprint density at radius 1 is 1.19 bits per heavy atom. The minimum atomic E-state index is -0.557. The van der Waals surface area contributed by atoms with Gasteiger partial charge in [0.25, 0.3) is 0 Å². The van der Waals surface area contributed by atoms with Gasteiger partial charge in [-0.1, -0.05) is 17.8 Å². The fourth-order valence-corrected chi connectivity index (χ4v) is 4.40. The van der Waals surface area contributed by atoms with Gasteiger partial charge in [0.2, 0.25) is 11.8 Å². The van der Waals surface area contributed by atoms with E-state index < -0.39 is 5.25 Å². The van der Waals surface area contributed by atoms with Crippen LogP contribution in [0.4, 0.5) is 10.1 Å². The van der Waals surface area contributed by atoms with E-state index in [9.17, 15) is 14.0 Å². The Balaban J connectivity index is 1.83. The first-order chi connectivity index (χ1) is 15.4. The molecule has 1 heterocycles. The molecule has 1 unspecified atom stereocenters. The van der Waals surface area contributed by atoms with E-state index in [1.165, 1.54) is 36.0 Å². The summed E-state index contributed by atoms with van der Waals surface area (Å²) in [5, 5.41) is 2.63. The predicted molar refractivity (Wildman–Crippen MR) is 123 cm³/mol. The highest BCUT2D eigenvalue weighted by atomic mass is 32.2. The van der Waals surface area contributed by atoms with E-state index in [-0.39, 0.29) is 24.1 Å². The lowest BCUT2D eigenvalue weighted by Crippen LogP contribution is -2.47. The Hall–Kier alpha value is -3.07. The monoisotopic (exact) mass is 459 g/mol. The molecule has 1 aliphatic rings. The number of halogens is 1. The van der Waals surface area contributed by atoms with Gasteiger partial charge in [0.15, 0.2) is 16.7 Å². The van der Waals surface area contributed by atoms with Gasteiger partial charge >= 0.3 is 0 Å². The maximum absolute atomic E-state index is 13.3. The lowest BCUT2D eigenvalue weighted by Gasteiger charge is -2.31. The number of thioether (sulfide) groups is 1. The van der Waals surface area contributed by atoms with Crippen molar-refractivity contribution in [3.63, 3.8) is 0 Å². The summed E-state index contributed by atoms with van der Waals surface area (Å²) in [7, 11) is 3.14. The molecule has 2 aromatic rings. The van der Waals surface area contributed by atoms with Crippen molar-refractivity contribution in [2.24, 2.45) is 4.99 Å². The van der Waals surface area contributed by atoms with Gasteiger partial charge in [-0.2, -0.15) is 0 Å². The number of nitrogens with zero attached hydrogens (tertiary/aromatic N) is 2. The van der Waals surface area contributed by atoms with Crippen molar-refractivity contribution in [1.29, 1.82) is 0 Å². The zero-order valence-corrected chi connectivity index (χ0v) is 19.1. The van der Waals surface area contributed by atoms with Crippen molar-refractivity contribution >= 4 is 34.4 Å². The minimum absolute atomic E-state index is 0.0882. The van der Waals surface area contributed by atoms with Crippen LogP contribution in [0.2, 0.25) is 0 Å². The summed E-state index contributed by atoms with van der Waals surface area (Å²) in [6.45, 7) is 2.69. The number of ether oxygens (including phenoxy) is 2. The number of carbonyl (C=O) groups excluding carboxylic acids is 2. The minimum Gasteiger partial charge on any atom is -0.493 e. The van der Waals surface area contributed by atoms with Gasteiger partial charge in [-0.15, -0.1) is 0 Å². The molecular weight excluding hydrogens is 433 g/mol. The normalized spacial score (nSPS) is 17.4. The number of rotatable bonds is 8. The lowest BCUT2D eigenvalue weighted by atomic mass is 10.1. The van der Waals surface area contributed by atoms with E-state index in [2.05, 4.69) is 10.3 Å². The van der Waals surface area contributed by atoms with Crippen LogP contribution in [-0.2, 0) is 16.0 Å². The van der Waals surface area contributed by atoms with Crippen LogP contribution in [0.1, 0.15) is 18.9 Å². The first-order valence-electron chi connectivity index (χ1n) is 10.2. The molecule has 1 N–H and O–H groups in total. The molecule has 0 aliphatic carbocycles. The quantitative estimate of drug-likeness (QED) is 0.653. The largest absolute Gasteiger partial charge is 0.493 e. The van der Waals surface area contributed by atoms with Crippen LogP contribution < -0.4 is 14.8 Å². The van der Waals surface area contributed by atoms with Crippen LogP contribution in [0.3, 0.4) is 0 Å². The molecule has 2 aromatic carbocycles. The van der Waals surface area contributed by atoms with Crippen molar-refractivity contribution in [3.05, 3.63) is 53.8 Å². The van der Waals surface area contributed by atoms with Gasteiger partial charge in [-0.3, -0.25) is 14.5 Å². The number of hydrogen-bond donors (Lipinski definition) is 1. The van der Waals surface area contributed by atoms with E-state index in [1.54, 1.807) is 19.1 Å². The average molecular weight is 460 g/mol. The summed E-state index contributed by atoms with van der Waals surface area (Å²) in [4.78, 5) is 31.5. The van der Waals surface area contributed by atoms with Gasteiger partial charge < -0.3 is 14.8 Å². The lowest BCUT2D eigenvalue weighted by molar-refractivity contribution is -0.130. The number of carbonyl (C=O) groups is 2. The number of amides is 2. The number of nitrogens with one attached hydrogen (secondary N) is 1. The molecule has 1 saturated heterocycles. The molecule has 7 nitrogen and oxygen atoms in total. The summed E-state index contributed by atoms with van der Waals surface area (Å²) in [5.74, 6) is 0.496. The van der Waals surface area contributed by atoms with E-state index in [4.69, 9.17) is 9.47 Å². The summed E-state index contributed by atoms with van der Waals surface area (Å²) in [5.41, 5.74) is 1.47. The van der Waals surface area contributed by atoms with Crippen molar-refractivity contribution in [2.75, 3.05) is 27.3 Å². The standard InChI is InChI=1S/C23H26FN3O4S/c1-4-25-22(29)20-14-21(28)27(23(32-20)26-17-8-6-16(24)7-9-17)12-11-15-5-10-18(30-2)19(13-15)31-3/h5-10,13,20H,4,11-12,14H2,1-3H3,(H,25,29). The number of hydrogen-bond acceptors (Lipinski definition) is 6. The summed E-state index contributed by atoms with van der Waals surface area (Å²) in [6, 6.07) is 11.3. The number of benzene rings is 2.